The molecule has 2 aromatic carbocycles. The summed E-state index contributed by atoms with van der Waals surface area (Å²) in [6, 6.07) is 13.1. The Morgan fingerprint density at radius 2 is 0.970 bits per heavy atom. The maximum absolute atomic E-state index is 6.29. The van der Waals surface area contributed by atoms with E-state index >= 15 is 0 Å². The molecule has 0 unspecified atom stereocenters. The van der Waals surface area contributed by atoms with Crippen molar-refractivity contribution in [2.45, 2.75) is 78.3 Å². The highest BCUT2D eigenvalue weighted by Crippen LogP contribution is 2.53. The van der Waals surface area contributed by atoms with Crippen LogP contribution < -0.4 is 20.1 Å². The standard InChI is InChI=1S/C28H43O4P/c1-26(2,3)20-14-12-16-22(24(20)31-18-29-10)33(28(7,8)9)23-17-13-15-21(27(4,5)6)25(23)32-19-30-11/h12-17H,18-19H2,1-11H3. The average molecular weight is 475 g/mol. The van der Waals surface area contributed by atoms with Crippen molar-refractivity contribution in [1.82, 2.24) is 0 Å². The lowest BCUT2D eigenvalue weighted by atomic mass is 9.86. The van der Waals surface area contributed by atoms with Gasteiger partial charge in [-0.3, -0.25) is 0 Å². The van der Waals surface area contributed by atoms with Crippen LogP contribution in [0.2, 0.25) is 0 Å². The molecule has 0 aliphatic heterocycles. The Kier molecular flexibility index (Phi) is 9.01. The van der Waals surface area contributed by atoms with E-state index in [1.165, 1.54) is 21.7 Å². The molecule has 33 heavy (non-hydrogen) atoms. The maximum atomic E-state index is 6.29. The molecule has 0 bridgehead atoms. The largest absolute Gasteiger partial charge is 0.467 e. The van der Waals surface area contributed by atoms with Gasteiger partial charge >= 0.3 is 0 Å². The highest BCUT2D eigenvalue weighted by molar-refractivity contribution is 7.74. The van der Waals surface area contributed by atoms with Gasteiger partial charge in [-0.2, -0.15) is 0 Å². The van der Waals surface area contributed by atoms with E-state index in [1.807, 2.05) is 0 Å². The second-order valence-corrected chi connectivity index (χ2v) is 14.4. The molecule has 0 amide bonds. The first-order valence-electron chi connectivity index (χ1n) is 11.5. The van der Waals surface area contributed by atoms with Crippen LogP contribution in [-0.2, 0) is 20.3 Å². The molecule has 0 fully saturated rings. The van der Waals surface area contributed by atoms with Gasteiger partial charge in [0, 0.05) is 36.0 Å². The Morgan fingerprint density at radius 3 is 1.24 bits per heavy atom. The van der Waals surface area contributed by atoms with Gasteiger partial charge in [0.15, 0.2) is 13.6 Å². The van der Waals surface area contributed by atoms with Crippen LogP contribution in [-0.4, -0.2) is 33.0 Å². The molecule has 0 saturated heterocycles. The Balaban J connectivity index is 2.89. The molecule has 0 heterocycles. The van der Waals surface area contributed by atoms with Crippen molar-refractivity contribution in [2.24, 2.45) is 0 Å². The average Bonchev–Trinajstić information content (AvgIpc) is 2.69. The smallest absolute Gasteiger partial charge is 0.188 e. The van der Waals surface area contributed by atoms with Gasteiger partial charge in [0.1, 0.15) is 11.5 Å². The molecule has 2 aromatic rings. The van der Waals surface area contributed by atoms with Gasteiger partial charge < -0.3 is 18.9 Å². The van der Waals surface area contributed by atoms with Gasteiger partial charge in [-0.1, -0.05) is 98.7 Å². The van der Waals surface area contributed by atoms with Crippen molar-refractivity contribution >= 4 is 18.5 Å². The summed E-state index contributed by atoms with van der Waals surface area (Å²) in [5.74, 6) is 1.85. The molecular weight excluding hydrogens is 431 g/mol. The van der Waals surface area contributed by atoms with E-state index in [2.05, 4.69) is 98.7 Å². The van der Waals surface area contributed by atoms with Crippen molar-refractivity contribution in [3.63, 3.8) is 0 Å². The third kappa shape index (κ3) is 6.72. The van der Waals surface area contributed by atoms with E-state index in [0.29, 0.717) is 0 Å². The molecule has 5 heteroatoms. The number of ether oxygens (including phenoxy) is 4. The van der Waals surface area contributed by atoms with Crippen LogP contribution in [0.1, 0.15) is 73.4 Å². The molecule has 0 atom stereocenters. The SMILES string of the molecule is COCOc1c(P(c2cccc(C(C)(C)C)c2OCOC)C(C)(C)C)cccc1C(C)(C)C. The molecule has 4 nitrogen and oxygen atoms in total. The topological polar surface area (TPSA) is 36.9 Å². The summed E-state index contributed by atoms with van der Waals surface area (Å²) in [6.07, 6.45) is 0. The molecule has 0 radical (unpaired) electrons. The first kappa shape index (κ1) is 27.6. The lowest BCUT2D eigenvalue weighted by molar-refractivity contribution is 0.0505. The summed E-state index contributed by atoms with van der Waals surface area (Å²) in [5, 5.41) is 2.37. The highest BCUT2D eigenvalue weighted by Gasteiger charge is 2.36. The molecule has 0 aliphatic carbocycles. The summed E-state index contributed by atoms with van der Waals surface area (Å²) in [7, 11) is 2.47. The van der Waals surface area contributed by atoms with Crippen molar-refractivity contribution in [2.75, 3.05) is 27.8 Å². The highest BCUT2D eigenvalue weighted by atomic mass is 31.1. The summed E-state index contributed by atoms with van der Waals surface area (Å²) in [5.41, 5.74) is 2.22. The quantitative estimate of drug-likeness (QED) is 0.324. The molecule has 2 rings (SSSR count). The van der Waals surface area contributed by atoms with Crippen LogP contribution in [0.25, 0.3) is 0 Å². The molecule has 0 saturated carbocycles. The fourth-order valence-electron chi connectivity index (χ4n) is 3.97. The van der Waals surface area contributed by atoms with E-state index in [1.54, 1.807) is 14.2 Å². The summed E-state index contributed by atoms with van der Waals surface area (Å²) < 4.78 is 23.2. The van der Waals surface area contributed by atoms with Crippen LogP contribution in [0, 0.1) is 0 Å². The van der Waals surface area contributed by atoms with Crippen LogP contribution in [0.5, 0.6) is 11.5 Å². The Bertz CT molecular complexity index is 847. The molecule has 0 spiro atoms. The van der Waals surface area contributed by atoms with Crippen molar-refractivity contribution in [3.05, 3.63) is 47.5 Å². The third-order valence-corrected chi connectivity index (χ3v) is 8.41. The monoisotopic (exact) mass is 474 g/mol. The van der Waals surface area contributed by atoms with E-state index in [-0.39, 0.29) is 29.6 Å². The zero-order valence-corrected chi connectivity index (χ0v) is 23.4. The Labute approximate surface area is 202 Å². The fourth-order valence-corrected chi connectivity index (χ4v) is 6.93. The number of methoxy groups -OCH3 is 2. The van der Waals surface area contributed by atoms with Gasteiger partial charge in [-0.25, -0.2) is 0 Å². The van der Waals surface area contributed by atoms with Gasteiger partial charge in [0.25, 0.3) is 0 Å². The number of hydrogen-bond acceptors (Lipinski definition) is 4. The van der Waals surface area contributed by atoms with E-state index in [0.717, 1.165) is 11.5 Å². The normalized spacial score (nSPS) is 12.8. The summed E-state index contributed by atoms with van der Waals surface area (Å²) in [4.78, 5) is 0. The molecule has 184 valence electrons. The maximum Gasteiger partial charge on any atom is 0.188 e. The third-order valence-electron chi connectivity index (χ3n) is 5.40. The number of rotatable bonds is 8. The predicted molar refractivity (Wildman–Crippen MR) is 141 cm³/mol. The van der Waals surface area contributed by atoms with Crippen LogP contribution >= 0.6 is 7.92 Å². The molecular formula is C28H43O4P. The van der Waals surface area contributed by atoms with Gasteiger partial charge in [0.2, 0.25) is 0 Å². The summed E-state index contributed by atoms with van der Waals surface area (Å²) in [6.45, 7) is 20.6. The van der Waals surface area contributed by atoms with E-state index in [9.17, 15) is 0 Å². The van der Waals surface area contributed by atoms with Crippen molar-refractivity contribution in [3.8, 4) is 11.5 Å². The van der Waals surface area contributed by atoms with Crippen molar-refractivity contribution < 1.29 is 18.9 Å². The first-order chi connectivity index (χ1) is 15.2. The molecule has 0 N–H and O–H groups in total. The summed E-state index contributed by atoms with van der Waals surface area (Å²) >= 11 is 0. The fraction of sp³-hybridized carbons (Fsp3) is 0.571. The van der Waals surface area contributed by atoms with Crippen LogP contribution in [0.15, 0.2) is 36.4 Å². The minimum Gasteiger partial charge on any atom is -0.467 e. The van der Waals surface area contributed by atoms with E-state index < -0.39 is 7.92 Å². The number of hydrogen-bond donors (Lipinski definition) is 0. The number of benzene rings is 2. The Hall–Kier alpha value is -1.61. The zero-order chi connectivity index (χ0) is 25.0. The van der Waals surface area contributed by atoms with Gasteiger partial charge in [-0.15, -0.1) is 0 Å². The van der Waals surface area contributed by atoms with Gasteiger partial charge in [-0.05, 0) is 23.9 Å². The molecule has 0 aromatic heterocycles. The van der Waals surface area contributed by atoms with E-state index in [4.69, 9.17) is 18.9 Å². The minimum absolute atomic E-state index is 0.0429. The van der Waals surface area contributed by atoms with Crippen LogP contribution in [0.3, 0.4) is 0 Å². The van der Waals surface area contributed by atoms with Crippen LogP contribution in [0.4, 0.5) is 0 Å². The number of para-hydroxylation sites is 2. The second kappa shape index (κ2) is 10.8. The van der Waals surface area contributed by atoms with Gasteiger partial charge in [0.05, 0.1) is 0 Å². The predicted octanol–water partition coefficient (Wildman–Crippen LogP) is 6.48. The first-order valence-corrected chi connectivity index (χ1v) is 12.9. The minimum atomic E-state index is -0.854. The second-order valence-electron chi connectivity index (χ2n) is 11.4. The lowest BCUT2D eigenvalue weighted by Gasteiger charge is -2.37. The Morgan fingerprint density at radius 1 is 0.606 bits per heavy atom. The molecule has 0 aliphatic rings. The zero-order valence-electron chi connectivity index (χ0n) is 22.5. The van der Waals surface area contributed by atoms with Crippen molar-refractivity contribution in [1.29, 1.82) is 0 Å². The lowest BCUT2D eigenvalue weighted by Crippen LogP contribution is -2.31.